The molecule has 0 aliphatic carbocycles. The number of ether oxygens (including phenoxy) is 1. The zero-order valence-corrected chi connectivity index (χ0v) is 10.2. The lowest BCUT2D eigenvalue weighted by Crippen LogP contribution is -2.04. The van der Waals surface area contributed by atoms with Gasteiger partial charge in [-0.15, -0.1) is 11.3 Å². The first kappa shape index (κ1) is 11.2. The summed E-state index contributed by atoms with van der Waals surface area (Å²) in [6, 6.07) is 5.36. The first-order chi connectivity index (χ1) is 7.63. The number of rotatable bonds is 2. The molecule has 3 nitrogen and oxygen atoms in total. The predicted octanol–water partition coefficient (Wildman–Crippen LogP) is 3.31. The lowest BCUT2D eigenvalue weighted by Gasteiger charge is -1.98. The summed E-state index contributed by atoms with van der Waals surface area (Å²) in [6.07, 6.45) is 0. The second-order valence-corrected chi connectivity index (χ2v) is 4.69. The molecule has 16 heavy (non-hydrogen) atoms. The summed E-state index contributed by atoms with van der Waals surface area (Å²) in [5.74, 6) is -0.377. The average Bonchev–Trinajstić information content (AvgIpc) is 2.56. The smallest absolute Gasteiger partial charge is 0.350 e. The summed E-state index contributed by atoms with van der Waals surface area (Å²) in [6.45, 7) is 2.10. The molecule has 0 bridgehead atoms. The lowest BCUT2D eigenvalue weighted by molar-refractivity contribution is 0.0533. The molecule has 2 N–H and O–H groups in total. The highest BCUT2D eigenvalue weighted by atomic mass is 35.5. The summed E-state index contributed by atoms with van der Waals surface area (Å²) in [4.78, 5) is 12.0. The molecule has 0 aliphatic rings. The van der Waals surface area contributed by atoms with Crippen molar-refractivity contribution in [1.82, 2.24) is 0 Å². The van der Waals surface area contributed by atoms with Crippen LogP contribution in [0.3, 0.4) is 0 Å². The Labute approximate surface area is 102 Å². The molecule has 0 atom stereocenters. The van der Waals surface area contributed by atoms with Crippen LogP contribution in [0.2, 0.25) is 5.02 Å². The third-order valence-electron chi connectivity index (χ3n) is 2.15. The number of nitrogen functional groups attached to an aromatic ring is 1. The molecular weight excluding hydrogens is 246 g/mol. The zero-order chi connectivity index (χ0) is 11.7. The van der Waals surface area contributed by atoms with Crippen LogP contribution in [0.5, 0.6) is 0 Å². The Hall–Kier alpha value is -1.26. The van der Waals surface area contributed by atoms with Crippen LogP contribution in [0.25, 0.3) is 10.1 Å². The molecule has 0 aliphatic heterocycles. The van der Waals surface area contributed by atoms with Crippen LogP contribution in [-0.2, 0) is 4.74 Å². The van der Waals surface area contributed by atoms with Crippen LogP contribution in [0.1, 0.15) is 16.6 Å². The molecule has 2 aromatic rings. The van der Waals surface area contributed by atoms with Gasteiger partial charge >= 0.3 is 5.97 Å². The van der Waals surface area contributed by atoms with E-state index in [1.165, 1.54) is 11.3 Å². The number of hydrogen-bond donors (Lipinski definition) is 1. The number of hydrogen-bond acceptors (Lipinski definition) is 4. The number of fused-ring (bicyclic) bond motifs is 1. The minimum absolute atomic E-state index is 0.341. The fourth-order valence-electron chi connectivity index (χ4n) is 1.44. The molecule has 0 radical (unpaired) electrons. The highest BCUT2D eigenvalue weighted by molar-refractivity contribution is 7.21. The third kappa shape index (κ3) is 1.86. The van der Waals surface area contributed by atoms with Crippen LogP contribution in [-0.4, -0.2) is 12.6 Å². The number of anilines is 1. The maximum absolute atomic E-state index is 11.6. The van der Waals surface area contributed by atoms with E-state index in [2.05, 4.69) is 0 Å². The van der Waals surface area contributed by atoms with Crippen molar-refractivity contribution in [2.24, 2.45) is 0 Å². The van der Waals surface area contributed by atoms with Crippen molar-refractivity contribution in [3.05, 3.63) is 28.1 Å². The van der Waals surface area contributed by atoms with Gasteiger partial charge in [0, 0.05) is 15.1 Å². The fraction of sp³-hybridized carbons (Fsp3) is 0.182. The number of carbonyl (C=O) groups is 1. The van der Waals surface area contributed by atoms with Crippen molar-refractivity contribution in [2.45, 2.75) is 6.92 Å². The highest BCUT2D eigenvalue weighted by Gasteiger charge is 2.17. The van der Waals surface area contributed by atoms with Crippen LogP contribution >= 0.6 is 22.9 Å². The minimum Gasteiger partial charge on any atom is -0.462 e. The van der Waals surface area contributed by atoms with E-state index < -0.39 is 0 Å². The molecule has 0 spiro atoms. The Morgan fingerprint density at radius 2 is 2.31 bits per heavy atom. The van der Waals surface area contributed by atoms with Crippen molar-refractivity contribution in [3.8, 4) is 0 Å². The van der Waals surface area contributed by atoms with Crippen molar-refractivity contribution in [1.29, 1.82) is 0 Å². The Morgan fingerprint density at radius 1 is 1.56 bits per heavy atom. The van der Waals surface area contributed by atoms with E-state index in [1.54, 1.807) is 19.1 Å². The number of esters is 1. The average molecular weight is 256 g/mol. The molecule has 0 saturated heterocycles. The van der Waals surface area contributed by atoms with Gasteiger partial charge in [0.2, 0.25) is 0 Å². The minimum atomic E-state index is -0.377. The first-order valence-corrected chi connectivity index (χ1v) is 5.97. The topological polar surface area (TPSA) is 52.3 Å². The first-order valence-electron chi connectivity index (χ1n) is 4.78. The molecule has 1 heterocycles. The monoisotopic (exact) mass is 255 g/mol. The van der Waals surface area contributed by atoms with Gasteiger partial charge in [0.05, 0.1) is 12.3 Å². The van der Waals surface area contributed by atoms with E-state index in [4.69, 9.17) is 22.1 Å². The fourth-order valence-corrected chi connectivity index (χ4v) is 2.73. The van der Waals surface area contributed by atoms with E-state index >= 15 is 0 Å². The number of halogens is 1. The second kappa shape index (κ2) is 4.31. The Morgan fingerprint density at radius 3 is 3.00 bits per heavy atom. The number of carbonyl (C=O) groups excluding carboxylic acids is 1. The van der Waals surface area contributed by atoms with Crippen LogP contribution in [0, 0.1) is 0 Å². The van der Waals surface area contributed by atoms with Gasteiger partial charge in [0.25, 0.3) is 0 Å². The number of thiophene rings is 1. The molecule has 84 valence electrons. The summed E-state index contributed by atoms with van der Waals surface area (Å²) < 4.78 is 5.82. The zero-order valence-electron chi connectivity index (χ0n) is 8.62. The second-order valence-electron chi connectivity index (χ2n) is 3.21. The SMILES string of the molecule is CCOC(=O)c1sc2cc(Cl)ccc2c1N. The van der Waals surface area contributed by atoms with E-state index in [-0.39, 0.29) is 5.97 Å². The summed E-state index contributed by atoms with van der Waals surface area (Å²) >= 11 is 7.17. The van der Waals surface area contributed by atoms with E-state index in [0.717, 1.165) is 10.1 Å². The Balaban J connectivity index is 2.55. The largest absolute Gasteiger partial charge is 0.462 e. The van der Waals surface area contributed by atoms with Crippen molar-refractivity contribution in [2.75, 3.05) is 12.3 Å². The standard InChI is InChI=1S/C11H10ClNO2S/c1-2-15-11(14)10-9(13)7-4-3-6(12)5-8(7)16-10/h3-5H,2,13H2,1H3. The van der Waals surface area contributed by atoms with Gasteiger partial charge in [0.15, 0.2) is 0 Å². The van der Waals surface area contributed by atoms with E-state index in [0.29, 0.717) is 22.2 Å². The lowest BCUT2D eigenvalue weighted by atomic mass is 10.2. The predicted molar refractivity (Wildman–Crippen MR) is 67.2 cm³/mol. The maximum Gasteiger partial charge on any atom is 0.350 e. The molecule has 0 amide bonds. The quantitative estimate of drug-likeness (QED) is 0.838. The van der Waals surface area contributed by atoms with Gasteiger partial charge in [-0.2, -0.15) is 0 Å². The molecule has 0 unspecified atom stereocenters. The summed E-state index contributed by atoms with van der Waals surface area (Å²) in [5, 5.41) is 1.47. The van der Waals surface area contributed by atoms with Crippen molar-refractivity contribution >= 4 is 44.7 Å². The normalized spacial score (nSPS) is 10.6. The summed E-state index contributed by atoms with van der Waals surface area (Å²) in [5.41, 5.74) is 6.35. The Bertz CT molecular complexity index is 550. The highest BCUT2D eigenvalue weighted by Crippen LogP contribution is 2.35. The van der Waals surface area contributed by atoms with E-state index in [9.17, 15) is 4.79 Å². The van der Waals surface area contributed by atoms with Crippen molar-refractivity contribution in [3.63, 3.8) is 0 Å². The molecule has 1 aromatic heterocycles. The molecule has 0 saturated carbocycles. The molecular formula is C11H10ClNO2S. The molecule has 1 aromatic carbocycles. The number of benzene rings is 1. The molecule has 0 fully saturated rings. The van der Waals surface area contributed by atoms with Gasteiger partial charge in [-0.1, -0.05) is 11.6 Å². The molecule has 2 rings (SSSR count). The van der Waals surface area contributed by atoms with Crippen molar-refractivity contribution < 1.29 is 9.53 Å². The van der Waals surface area contributed by atoms with Gasteiger partial charge < -0.3 is 10.5 Å². The van der Waals surface area contributed by atoms with Crippen LogP contribution < -0.4 is 5.73 Å². The maximum atomic E-state index is 11.6. The number of nitrogens with two attached hydrogens (primary N) is 1. The third-order valence-corrected chi connectivity index (χ3v) is 3.53. The van der Waals surface area contributed by atoms with Crippen LogP contribution in [0.15, 0.2) is 18.2 Å². The van der Waals surface area contributed by atoms with Crippen LogP contribution in [0.4, 0.5) is 5.69 Å². The summed E-state index contributed by atoms with van der Waals surface area (Å²) in [7, 11) is 0. The van der Waals surface area contributed by atoms with E-state index in [1.807, 2.05) is 6.07 Å². The van der Waals surface area contributed by atoms with Gasteiger partial charge in [-0.25, -0.2) is 4.79 Å². The van der Waals surface area contributed by atoms with Gasteiger partial charge in [0.1, 0.15) is 4.88 Å². The Kier molecular flexibility index (Phi) is 3.03. The van der Waals surface area contributed by atoms with Gasteiger partial charge in [-0.3, -0.25) is 0 Å². The molecule has 5 heteroatoms. The van der Waals surface area contributed by atoms with Gasteiger partial charge in [-0.05, 0) is 25.1 Å².